The molecule has 8 heteroatoms. The van der Waals surface area contributed by atoms with Crippen molar-refractivity contribution in [3.8, 4) is 0 Å². The van der Waals surface area contributed by atoms with Crippen molar-refractivity contribution in [2.45, 2.75) is 38.5 Å². The first-order valence-electron chi connectivity index (χ1n) is 6.88. The summed E-state index contributed by atoms with van der Waals surface area (Å²) in [6.45, 7) is 2.72. The molecule has 0 bridgehead atoms. The first kappa shape index (κ1) is 16.8. The fourth-order valence-electron chi connectivity index (χ4n) is 2.19. The lowest BCUT2D eigenvalue weighted by molar-refractivity contribution is -0.127. The van der Waals surface area contributed by atoms with Gasteiger partial charge in [-0.1, -0.05) is 17.7 Å². The van der Waals surface area contributed by atoms with Crippen LogP contribution in [0.15, 0.2) is 24.3 Å². The molecule has 0 radical (unpaired) electrons. The van der Waals surface area contributed by atoms with Gasteiger partial charge in [0, 0.05) is 0 Å². The standard InChI is InChI=1S/C11H11ClN4O.C3H8O2/c12-10-9-11(14-5-13-10)16(6-15-9)8-2-1-7(3-8)4-17;1-3(2,4)5/h3,5-6,8,17H,1-2,4H2;4-5H,1-2H3. The molecule has 0 aromatic carbocycles. The van der Waals surface area contributed by atoms with Gasteiger partial charge in [0.15, 0.2) is 16.6 Å². The van der Waals surface area contributed by atoms with Crippen LogP contribution in [0, 0.1) is 0 Å². The maximum absolute atomic E-state index is 9.10. The molecule has 1 atom stereocenters. The lowest BCUT2D eigenvalue weighted by Crippen LogP contribution is -2.15. The first-order chi connectivity index (χ1) is 10.3. The third kappa shape index (κ3) is 4.23. The Morgan fingerprint density at radius 2 is 2.00 bits per heavy atom. The monoisotopic (exact) mass is 326 g/mol. The number of aromatic nitrogens is 4. The van der Waals surface area contributed by atoms with Crippen LogP contribution >= 0.6 is 11.6 Å². The molecule has 3 rings (SSSR count). The highest BCUT2D eigenvalue weighted by atomic mass is 35.5. The minimum atomic E-state index is -1.50. The Balaban J connectivity index is 0.000000309. The number of hydrogen-bond donors (Lipinski definition) is 3. The maximum Gasteiger partial charge on any atom is 0.165 e. The molecule has 2 heterocycles. The third-order valence-electron chi connectivity index (χ3n) is 3.06. The molecular weight excluding hydrogens is 308 g/mol. The Morgan fingerprint density at radius 3 is 2.59 bits per heavy atom. The zero-order valence-corrected chi connectivity index (χ0v) is 13.2. The van der Waals surface area contributed by atoms with Gasteiger partial charge < -0.3 is 19.9 Å². The average molecular weight is 327 g/mol. The minimum absolute atomic E-state index is 0.124. The Morgan fingerprint density at radius 1 is 1.32 bits per heavy atom. The van der Waals surface area contributed by atoms with E-state index in [2.05, 4.69) is 21.0 Å². The van der Waals surface area contributed by atoms with Gasteiger partial charge in [-0.2, -0.15) is 0 Å². The summed E-state index contributed by atoms with van der Waals surface area (Å²) in [7, 11) is 0. The number of aliphatic hydroxyl groups is 3. The fourth-order valence-corrected chi connectivity index (χ4v) is 2.37. The number of hydrogen-bond acceptors (Lipinski definition) is 6. The van der Waals surface area contributed by atoms with Crippen LogP contribution in [-0.4, -0.2) is 47.2 Å². The van der Waals surface area contributed by atoms with E-state index in [4.69, 9.17) is 26.9 Å². The first-order valence-corrected chi connectivity index (χ1v) is 7.25. The Kier molecular flexibility index (Phi) is 5.12. The van der Waals surface area contributed by atoms with E-state index in [0.29, 0.717) is 10.7 Å². The van der Waals surface area contributed by atoms with Crippen LogP contribution < -0.4 is 0 Å². The minimum Gasteiger partial charge on any atom is -0.392 e. The largest absolute Gasteiger partial charge is 0.392 e. The van der Waals surface area contributed by atoms with E-state index in [1.807, 2.05) is 4.57 Å². The second kappa shape index (κ2) is 6.70. The Labute approximate surface area is 132 Å². The summed E-state index contributed by atoms with van der Waals surface area (Å²) in [5.74, 6) is -1.50. The van der Waals surface area contributed by atoms with Crippen molar-refractivity contribution in [1.29, 1.82) is 0 Å². The molecule has 2 aromatic heterocycles. The number of rotatable bonds is 2. The van der Waals surface area contributed by atoms with Crippen molar-refractivity contribution in [3.63, 3.8) is 0 Å². The quantitative estimate of drug-likeness (QED) is 0.438. The summed E-state index contributed by atoms with van der Waals surface area (Å²) in [4.78, 5) is 12.3. The van der Waals surface area contributed by atoms with E-state index in [1.165, 1.54) is 20.2 Å². The predicted octanol–water partition coefficient (Wildman–Crippen LogP) is 1.44. The normalized spacial score (nSPS) is 18.1. The van der Waals surface area contributed by atoms with Crippen LogP contribution in [0.1, 0.15) is 32.7 Å². The fraction of sp³-hybridized carbons (Fsp3) is 0.500. The maximum atomic E-state index is 9.10. The zero-order chi connectivity index (χ0) is 16.3. The van der Waals surface area contributed by atoms with Gasteiger partial charge in [0.2, 0.25) is 0 Å². The number of nitrogens with zero attached hydrogens (tertiary/aromatic N) is 4. The topological polar surface area (TPSA) is 104 Å². The van der Waals surface area contributed by atoms with Crippen molar-refractivity contribution in [2.75, 3.05) is 6.61 Å². The van der Waals surface area contributed by atoms with Gasteiger partial charge in [-0.25, -0.2) is 15.0 Å². The summed E-state index contributed by atoms with van der Waals surface area (Å²) >= 11 is 5.95. The van der Waals surface area contributed by atoms with Gasteiger partial charge in [-0.3, -0.25) is 0 Å². The second-order valence-electron chi connectivity index (χ2n) is 5.57. The molecule has 1 unspecified atom stereocenters. The number of aliphatic hydroxyl groups excluding tert-OH is 1. The molecule has 0 saturated heterocycles. The zero-order valence-electron chi connectivity index (χ0n) is 12.4. The molecule has 1 aliphatic rings. The highest BCUT2D eigenvalue weighted by Gasteiger charge is 2.20. The van der Waals surface area contributed by atoms with E-state index in [9.17, 15) is 0 Å². The molecular formula is C14H19ClN4O3. The summed E-state index contributed by atoms with van der Waals surface area (Å²) in [5, 5.41) is 25.6. The Hall–Kier alpha value is -1.54. The van der Waals surface area contributed by atoms with E-state index in [-0.39, 0.29) is 12.6 Å². The number of fused-ring (bicyclic) bond motifs is 1. The third-order valence-corrected chi connectivity index (χ3v) is 3.34. The number of imidazole rings is 1. The van der Waals surface area contributed by atoms with Crippen molar-refractivity contribution < 1.29 is 15.3 Å². The Bertz CT molecular complexity index is 672. The van der Waals surface area contributed by atoms with Gasteiger partial charge in [0.1, 0.15) is 11.8 Å². The molecule has 120 valence electrons. The van der Waals surface area contributed by atoms with Crippen molar-refractivity contribution in [2.24, 2.45) is 0 Å². The molecule has 0 amide bonds. The molecule has 7 nitrogen and oxygen atoms in total. The van der Waals surface area contributed by atoms with E-state index in [0.717, 1.165) is 24.1 Å². The summed E-state index contributed by atoms with van der Waals surface area (Å²) in [5.41, 5.74) is 2.43. The smallest absolute Gasteiger partial charge is 0.165 e. The second-order valence-corrected chi connectivity index (χ2v) is 5.93. The van der Waals surface area contributed by atoms with Crippen molar-refractivity contribution in [1.82, 2.24) is 19.5 Å². The van der Waals surface area contributed by atoms with Gasteiger partial charge in [-0.05, 0) is 32.3 Å². The van der Waals surface area contributed by atoms with E-state index < -0.39 is 5.79 Å². The highest BCUT2D eigenvalue weighted by molar-refractivity contribution is 6.33. The molecule has 2 aromatic rings. The molecule has 3 N–H and O–H groups in total. The van der Waals surface area contributed by atoms with Crippen molar-refractivity contribution >= 4 is 22.8 Å². The summed E-state index contributed by atoms with van der Waals surface area (Å²) in [6, 6.07) is 0.202. The van der Waals surface area contributed by atoms with Crippen LogP contribution in [0.4, 0.5) is 0 Å². The predicted molar refractivity (Wildman–Crippen MR) is 82.3 cm³/mol. The van der Waals surface area contributed by atoms with Gasteiger partial charge in [-0.15, -0.1) is 0 Å². The highest BCUT2D eigenvalue weighted by Crippen LogP contribution is 2.30. The van der Waals surface area contributed by atoms with Crippen LogP contribution in [0.3, 0.4) is 0 Å². The average Bonchev–Trinajstić information content (AvgIpc) is 3.02. The lowest BCUT2D eigenvalue weighted by Gasteiger charge is -2.09. The van der Waals surface area contributed by atoms with E-state index >= 15 is 0 Å². The van der Waals surface area contributed by atoms with Crippen LogP contribution in [-0.2, 0) is 0 Å². The van der Waals surface area contributed by atoms with Crippen molar-refractivity contribution in [3.05, 3.63) is 29.5 Å². The van der Waals surface area contributed by atoms with Crippen LogP contribution in [0.5, 0.6) is 0 Å². The van der Waals surface area contributed by atoms with E-state index in [1.54, 1.807) is 6.33 Å². The number of allylic oxidation sites excluding steroid dienone is 1. The van der Waals surface area contributed by atoms with Gasteiger partial charge in [0.05, 0.1) is 19.0 Å². The molecule has 0 saturated carbocycles. The number of halogens is 1. The molecule has 1 aliphatic carbocycles. The summed E-state index contributed by atoms with van der Waals surface area (Å²) in [6.07, 6.45) is 7.11. The van der Waals surface area contributed by atoms with Crippen LogP contribution in [0.2, 0.25) is 5.15 Å². The van der Waals surface area contributed by atoms with Gasteiger partial charge in [0.25, 0.3) is 0 Å². The summed E-state index contributed by atoms with van der Waals surface area (Å²) < 4.78 is 1.98. The molecule has 0 fully saturated rings. The molecule has 0 spiro atoms. The lowest BCUT2D eigenvalue weighted by atomic mass is 10.2. The molecule has 0 aliphatic heterocycles. The SMILES string of the molecule is CC(C)(O)O.OCC1=CC(n2cnc3c(Cl)ncnc32)CC1. The molecule has 22 heavy (non-hydrogen) atoms. The van der Waals surface area contributed by atoms with Crippen LogP contribution in [0.25, 0.3) is 11.2 Å². The van der Waals surface area contributed by atoms with Gasteiger partial charge >= 0.3 is 0 Å².